The zero-order valence-corrected chi connectivity index (χ0v) is 18.8. The van der Waals surface area contributed by atoms with E-state index in [0.29, 0.717) is 0 Å². The maximum atomic E-state index is 13.2. The summed E-state index contributed by atoms with van der Waals surface area (Å²) in [6.45, 7) is 7.08. The van der Waals surface area contributed by atoms with Crippen molar-refractivity contribution in [3.63, 3.8) is 0 Å². The van der Waals surface area contributed by atoms with E-state index < -0.39 is 23.5 Å². The highest BCUT2D eigenvalue weighted by atomic mass is 19.4. The smallest absolute Gasteiger partial charge is 0.416 e. The fraction of sp³-hybridized carbons (Fsp3) is 0.0769. The summed E-state index contributed by atoms with van der Waals surface area (Å²) < 4.78 is 90.7. The first-order valence-electron chi connectivity index (χ1n) is 10.5. The molecule has 38 heavy (non-hydrogen) atoms. The Morgan fingerprint density at radius 1 is 0.737 bits per heavy atom. The van der Waals surface area contributed by atoms with Crippen LogP contribution in [0.15, 0.2) is 106 Å². The second-order valence-electron chi connectivity index (χ2n) is 7.59. The maximum Gasteiger partial charge on any atom is 0.416 e. The third-order valence-corrected chi connectivity index (χ3v) is 5.15. The molecule has 4 rings (SSSR count). The van der Waals surface area contributed by atoms with Gasteiger partial charge in [0.05, 0.1) is 16.2 Å². The molecule has 0 spiro atoms. The summed E-state index contributed by atoms with van der Waals surface area (Å²) >= 11 is 0. The van der Waals surface area contributed by atoms with Crippen LogP contribution in [0.3, 0.4) is 0 Å². The summed E-state index contributed by atoms with van der Waals surface area (Å²) in [6.07, 6.45) is -2.23. The van der Waals surface area contributed by atoms with E-state index in [1.165, 1.54) is 36.4 Å². The molecular weight excluding hydrogens is 514 g/mol. The van der Waals surface area contributed by atoms with Crippen LogP contribution in [0.4, 0.5) is 26.3 Å². The molecule has 0 bridgehead atoms. The Labute approximate surface area is 211 Å². The highest BCUT2D eigenvalue weighted by Crippen LogP contribution is 2.37. The summed E-state index contributed by atoms with van der Waals surface area (Å²) in [4.78, 5) is 6.61. The van der Waals surface area contributed by atoms with Gasteiger partial charge in [-0.25, -0.2) is 0 Å². The fourth-order valence-corrected chi connectivity index (χ4v) is 3.52. The third kappa shape index (κ3) is 5.50. The average molecular weight is 526 g/mol. The van der Waals surface area contributed by atoms with Crippen molar-refractivity contribution in [1.29, 1.82) is 5.26 Å². The van der Waals surface area contributed by atoms with Gasteiger partial charge in [0.15, 0.2) is 17.2 Å². The average Bonchev–Trinajstić information content (AvgIpc) is 2.86. The van der Waals surface area contributed by atoms with Gasteiger partial charge in [-0.3, -0.25) is 0 Å². The fourth-order valence-electron chi connectivity index (χ4n) is 3.52. The molecular formula is C26H12F6N4O2. The number of allylic oxidation sites excluding steroid dienone is 6. The number of aliphatic imine (C=N–C) groups is 1. The van der Waals surface area contributed by atoms with Gasteiger partial charge in [0.25, 0.3) is 0 Å². The first kappa shape index (κ1) is 26.0. The molecule has 0 N–H and O–H groups in total. The SMILES string of the molecule is [C-]#[N+]/N=C1\C=CC2=C(Oc3cccc(C(F)(F)F)c3)C(=NC#N)C=CC2=C1Oc1cccc(C(F)(F)F)c1. The van der Waals surface area contributed by atoms with E-state index in [9.17, 15) is 26.3 Å². The normalized spacial score (nSPS) is 17.4. The molecule has 2 aliphatic carbocycles. The number of nitriles is 1. The highest BCUT2D eigenvalue weighted by Gasteiger charge is 2.33. The van der Waals surface area contributed by atoms with Crippen LogP contribution in [-0.4, -0.2) is 11.4 Å². The van der Waals surface area contributed by atoms with Crippen LogP contribution in [-0.2, 0) is 12.4 Å². The minimum absolute atomic E-state index is 0.0279. The van der Waals surface area contributed by atoms with Crippen LogP contribution >= 0.6 is 0 Å². The number of nitrogens with zero attached hydrogens (tertiary/aromatic N) is 4. The van der Waals surface area contributed by atoms with Gasteiger partial charge in [-0.1, -0.05) is 12.1 Å². The first-order valence-corrected chi connectivity index (χ1v) is 10.5. The van der Waals surface area contributed by atoms with Gasteiger partial charge in [-0.2, -0.15) is 43.2 Å². The number of hydrogen-bond acceptors (Lipinski definition) is 5. The summed E-state index contributed by atoms with van der Waals surface area (Å²) in [5, 5.41) is 12.7. The van der Waals surface area contributed by atoms with Crippen molar-refractivity contribution in [2.45, 2.75) is 12.4 Å². The number of rotatable bonds is 4. The van der Waals surface area contributed by atoms with Gasteiger partial charge in [-0.15, -0.1) is 4.95 Å². The van der Waals surface area contributed by atoms with Crippen LogP contribution in [0.1, 0.15) is 11.1 Å². The van der Waals surface area contributed by atoms with Crippen LogP contribution in [0.2, 0.25) is 0 Å². The lowest BCUT2D eigenvalue weighted by Gasteiger charge is -2.23. The molecule has 2 aromatic carbocycles. The number of hydrogen-bond donors (Lipinski definition) is 0. The molecule has 6 nitrogen and oxygen atoms in total. The molecule has 0 saturated heterocycles. The van der Waals surface area contributed by atoms with Gasteiger partial charge >= 0.3 is 12.4 Å². The van der Waals surface area contributed by atoms with Gasteiger partial charge in [0, 0.05) is 11.1 Å². The Hall–Kier alpha value is -5.10. The van der Waals surface area contributed by atoms with E-state index >= 15 is 0 Å². The predicted octanol–water partition coefficient (Wildman–Crippen LogP) is 7.03. The summed E-state index contributed by atoms with van der Waals surface area (Å²) in [6, 6.07) is 8.06. The first-order chi connectivity index (χ1) is 18.0. The molecule has 2 aromatic rings. The van der Waals surface area contributed by atoms with Gasteiger partial charge < -0.3 is 9.47 Å². The second-order valence-corrected chi connectivity index (χ2v) is 7.59. The van der Waals surface area contributed by atoms with Crippen molar-refractivity contribution < 1.29 is 35.8 Å². The van der Waals surface area contributed by atoms with E-state index in [0.717, 1.165) is 36.4 Å². The van der Waals surface area contributed by atoms with Crippen LogP contribution in [0, 0.1) is 18.0 Å². The Kier molecular flexibility index (Phi) is 6.91. The van der Waals surface area contributed by atoms with Crippen molar-refractivity contribution in [2.24, 2.45) is 10.1 Å². The molecule has 0 aliphatic heterocycles. The van der Waals surface area contributed by atoms with Crippen molar-refractivity contribution in [2.75, 3.05) is 0 Å². The van der Waals surface area contributed by atoms with Crippen molar-refractivity contribution in [3.05, 3.63) is 118 Å². The molecule has 0 radical (unpaired) electrons. The molecule has 0 amide bonds. The quantitative estimate of drug-likeness (QED) is 0.186. The number of ether oxygens (including phenoxy) is 2. The Morgan fingerprint density at radius 3 is 1.66 bits per heavy atom. The lowest BCUT2D eigenvalue weighted by molar-refractivity contribution is -0.138. The Balaban J connectivity index is 1.85. The number of halogens is 6. The number of fused-ring (bicyclic) bond motifs is 1. The topological polar surface area (TPSA) is 71.3 Å². The second kappa shape index (κ2) is 10.1. The van der Waals surface area contributed by atoms with Crippen LogP contribution < -0.4 is 9.47 Å². The Morgan fingerprint density at radius 2 is 1.21 bits per heavy atom. The number of benzene rings is 2. The van der Waals surface area contributed by atoms with Crippen molar-refractivity contribution >= 4 is 11.4 Å². The molecule has 0 saturated carbocycles. The standard InChI is InChI=1S/C26H12F6N4O2/c1-34-36-22-11-9-19-20(24(22)38-18-7-3-5-16(13-18)26(30,31)32)8-10-21(35-14-33)23(19)37-17-6-2-4-15(12-17)25(27,28)29/h2-13H/b35-21?,36-22+. The zero-order chi connectivity index (χ0) is 27.5. The lowest BCUT2D eigenvalue weighted by Crippen LogP contribution is -2.21. The van der Waals surface area contributed by atoms with Crippen LogP contribution in [0.5, 0.6) is 11.5 Å². The lowest BCUT2D eigenvalue weighted by atomic mass is 9.90. The van der Waals surface area contributed by atoms with Gasteiger partial charge in [0.1, 0.15) is 17.2 Å². The van der Waals surface area contributed by atoms with E-state index in [-0.39, 0.29) is 45.6 Å². The number of alkyl halides is 6. The van der Waals surface area contributed by atoms with E-state index in [1.54, 1.807) is 6.19 Å². The van der Waals surface area contributed by atoms with Crippen molar-refractivity contribution in [1.82, 2.24) is 0 Å². The summed E-state index contributed by atoms with van der Waals surface area (Å²) in [5.74, 6) is -0.654. The minimum atomic E-state index is -4.64. The predicted molar refractivity (Wildman–Crippen MR) is 124 cm³/mol. The van der Waals surface area contributed by atoms with E-state index in [4.69, 9.17) is 21.3 Å². The summed E-state index contributed by atoms with van der Waals surface area (Å²) in [7, 11) is 0. The van der Waals surface area contributed by atoms with E-state index in [2.05, 4.69) is 15.0 Å². The van der Waals surface area contributed by atoms with Crippen molar-refractivity contribution in [3.8, 4) is 17.7 Å². The molecule has 0 aromatic heterocycles. The third-order valence-electron chi connectivity index (χ3n) is 5.15. The molecule has 2 aliphatic rings. The van der Waals surface area contributed by atoms with Gasteiger partial charge in [-0.05, 0) is 60.7 Å². The molecule has 0 atom stereocenters. The summed E-state index contributed by atoms with van der Waals surface area (Å²) in [5.41, 5.74) is -1.63. The minimum Gasteiger partial charge on any atom is -0.454 e. The molecule has 190 valence electrons. The maximum absolute atomic E-state index is 13.2. The van der Waals surface area contributed by atoms with E-state index in [1.807, 2.05) is 0 Å². The van der Waals surface area contributed by atoms with Gasteiger partial charge in [0.2, 0.25) is 6.19 Å². The monoisotopic (exact) mass is 526 g/mol. The molecule has 12 heteroatoms. The zero-order valence-electron chi connectivity index (χ0n) is 18.8. The largest absolute Gasteiger partial charge is 0.454 e. The Bertz CT molecular complexity index is 1440. The molecule has 0 heterocycles. The molecule has 0 unspecified atom stereocenters. The highest BCUT2D eigenvalue weighted by molar-refractivity contribution is 6.15. The van der Waals surface area contributed by atoms with Crippen LogP contribution in [0.25, 0.3) is 4.95 Å². The molecule has 0 fully saturated rings.